The van der Waals surface area contributed by atoms with Crippen LogP contribution in [0.25, 0.3) is 0 Å². The summed E-state index contributed by atoms with van der Waals surface area (Å²) in [5.41, 5.74) is -0.114. The van der Waals surface area contributed by atoms with Gasteiger partial charge >= 0.3 is 0 Å². The molecule has 6 nitrogen and oxygen atoms in total. The van der Waals surface area contributed by atoms with Crippen molar-refractivity contribution in [3.8, 4) is 0 Å². The fourth-order valence-corrected chi connectivity index (χ4v) is 1.50. The number of hydrogen-bond donors (Lipinski definition) is 2. The number of aromatic nitrogens is 2. The van der Waals surface area contributed by atoms with Crippen LogP contribution in [0.1, 0.15) is 12.7 Å². The number of rotatable bonds is 8. The number of H-pyrrole nitrogens is 1. The monoisotopic (exact) mass is 254 g/mol. The van der Waals surface area contributed by atoms with Crippen LogP contribution >= 0.6 is 0 Å². The Bertz CT molecular complexity index is 405. The van der Waals surface area contributed by atoms with E-state index in [1.165, 1.54) is 6.07 Å². The van der Waals surface area contributed by atoms with E-state index in [0.29, 0.717) is 11.6 Å². The Morgan fingerprint density at radius 3 is 2.94 bits per heavy atom. The van der Waals surface area contributed by atoms with Gasteiger partial charge in [-0.15, -0.1) is 0 Å². The molecule has 0 spiro atoms. The number of hydrogen-bond acceptors (Lipinski definition) is 5. The average molecular weight is 254 g/mol. The van der Waals surface area contributed by atoms with Crippen molar-refractivity contribution in [2.24, 2.45) is 0 Å². The van der Waals surface area contributed by atoms with Gasteiger partial charge in [-0.2, -0.15) is 0 Å². The molecule has 6 heteroatoms. The predicted molar refractivity (Wildman–Crippen MR) is 72.1 cm³/mol. The van der Waals surface area contributed by atoms with Crippen LogP contribution < -0.4 is 10.9 Å². The van der Waals surface area contributed by atoms with Crippen LogP contribution in [0.5, 0.6) is 0 Å². The highest BCUT2D eigenvalue weighted by Gasteiger charge is 2.01. The molecule has 0 aliphatic heterocycles. The van der Waals surface area contributed by atoms with Crippen molar-refractivity contribution in [1.82, 2.24) is 14.9 Å². The van der Waals surface area contributed by atoms with Gasteiger partial charge in [-0.25, -0.2) is 4.98 Å². The van der Waals surface area contributed by atoms with E-state index in [-0.39, 0.29) is 5.56 Å². The van der Waals surface area contributed by atoms with Gasteiger partial charge < -0.3 is 19.9 Å². The third kappa shape index (κ3) is 5.29. The quantitative estimate of drug-likeness (QED) is 0.699. The lowest BCUT2D eigenvalue weighted by molar-refractivity contribution is 0.163. The van der Waals surface area contributed by atoms with Crippen LogP contribution in [0.2, 0.25) is 0 Å². The number of methoxy groups -OCH3 is 1. The number of nitrogens with zero attached hydrogens (tertiary/aromatic N) is 2. The largest absolute Gasteiger partial charge is 0.383 e. The molecule has 1 aromatic heterocycles. The molecule has 18 heavy (non-hydrogen) atoms. The summed E-state index contributed by atoms with van der Waals surface area (Å²) < 4.78 is 5.00. The first-order valence-electron chi connectivity index (χ1n) is 6.17. The first-order valence-corrected chi connectivity index (χ1v) is 6.17. The van der Waals surface area contributed by atoms with Crippen LogP contribution in [-0.2, 0) is 11.2 Å². The first kappa shape index (κ1) is 14.7. The van der Waals surface area contributed by atoms with Crippen LogP contribution in [0.4, 0.5) is 5.82 Å². The predicted octanol–water partition coefficient (Wildman–Crippen LogP) is 0.322. The second kappa shape index (κ2) is 7.84. The van der Waals surface area contributed by atoms with Crippen LogP contribution in [0, 0.1) is 0 Å². The van der Waals surface area contributed by atoms with E-state index in [2.05, 4.69) is 20.2 Å². The van der Waals surface area contributed by atoms with E-state index < -0.39 is 0 Å². The standard InChI is InChI=1S/C12H22N4O2/c1-4-10-14-11(9-12(17)15-10)13-5-6-16(2)7-8-18-3/h9H,4-8H2,1-3H3,(H2,13,14,15,17). The topological polar surface area (TPSA) is 70.2 Å². The van der Waals surface area contributed by atoms with E-state index in [4.69, 9.17) is 4.74 Å². The van der Waals surface area contributed by atoms with E-state index in [0.717, 1.165) is 32.7 Å². The summed E-state index contributed by atoms with van der Waals surface area (Å²) in [6, 6.07) is 1.48. The lowest BCUT2D eigenvalue weighted by Crippen LogP contribution is -2.28. The fraction of sp³-hybridized carbons (Fsp3) is 0.667. The molecule has 102 valence electrons. The number of aromatic amines is 1. The van der Waals surface area contributed by atoms with Crippen molar-refractivity contribution in [2.75, 3.05) is 45.7 Å². The van der Waals surface area contributed by atoms with E-state index in [9.17, 15) is 4.79 Å². The molecule has 0 bridgehead atoms. The second-order valence-corrected chi connectivity index (χ2v) is 4.15. The van der Waals surface area contributed by atoms with Gasteiger partial charge in [0.2, 0.25) is 0 Å². The molecule has 0 fully saturated rings. The molecule has 1 aromatic rings. The lowest BCUT2D eigenvalue weighted by Gasteiger charge is -2.16. The summed E-state index contributed by atoms with van der Waals surface area (Å²) in [7, 11) is 3.72. The molecule has 0 amide bonds. The first-order chi connectivity index (χ1) is 8.65. The molecule has 1 heterocycles. The van der Waals surface area contributed by atoms with Crippen LogP contribution in [0.3, 0.4) is 0 Å². The number of likely N-dealkylation sites (N-methyl/N-ethyl adjacent to an activating group) is 1. The minimum Gasteiger partial charge on any atom is -0.383 e. The third-order valence-corrected chi connectivity index (χ3v) is 2.60. The van der Waals surface area contributed by atoms with Crippen molar-refractivity contribution in [3.05, 3.63) is 22.2 Å². The molecular formula is C12H22N4O2. The molecule has 0 aliphatic carbocycles. The second-order valence-electron chi connectivity index (χ2n) is 4.15. The molecule has 0 saturated heterocycles. The van der Waals surface area contributed by atoms with Crippen molar-refractivity contribution >= 4 is 5.82 Å². The Hall–Kier alpha value is -1.40. The summed E-state index contributed by atoms with van der Waals surface area (Å²) in [4.78, 5) is 20.5. The van der Waals surface area contributed by atoms with Crippen molar-refractivity contribution < 1.29 is 4.74 Å². The smallest absolute Gasteiger partial charge is 0.252 e. The van der Waals surface area contributed by atoms with E-state index >= 15 is 0 Å². The number of nitrogens with one attached hydrogen (secondary N) is 2. The van der Waals surface area contributed by atoms with Gasteiger partial charge in [0.1, 0.15) is 11.6 Å². The highest BCUT2D eigenvalue weighted by Crippen LogP contribution is 1.98. The van der Waals surface area contributed by atoms with Crippen molar-refractivity contribution in [2.45, 2.75) is 13.3 Å². The van der Waals surface area contributed by atoms with Gasteiger partial charge in [0.25, 0.3) is 5.56 Å². The molecule has 0 radical (unpaired) electrons. The van der Waals surface area contributed by atoms with Gasteiger partial charge in [-0.1, -0.05) is 6.92 Å². The van der Waals surface area contributed by atoms with Gasteiger partial charge in [0, 0.05) is 39.2 Å². The Morgan fingerprint density at radius 2 is 2.28 bits per heavy atom. The van der Waals surface area contributed by atoms with Gasteiger partial charge in [0.05, 0.1) is 6.61 Å². The minimum atomic E-state index is -0.114. The molecule has 0 atom stereocenters. The zero-order valence-corrected chi connectivity index (χ0v) is 11.3. The number of anilines is 1. The highest BCUT2D eigenvalue weighted by atomic mass is 16.5. The summed E-state index contributed by atoms with van der Waals surface area (Å²) in [5, 5.41) is 3.15. The van der Waals surface area contributed by atoms with Gasteiger partial charge in [-0.05, 0) is 7.05 Å². The maximum atomic E-state index is 11.3. The maximum absolute atomic E-state index is 11.3. The zero-order chi connectivity index (χ0) is 13.4. The van der Waals surface area contributed by atoms with E-state index in [1.54, 1.807) is 7.11 Å². The zero-order valence-electron chi connectivity index (χ0n) is 11.3. The molecule has 0 unspecified atom stereocenters. The van der Waals surface area contributed by atoms with Crippen molar-refractivity contribution in [3.63, 3.8) is 0 Å². The Balaban J connectivity index is 2.39. The number of ether oxygens (including phenoxy) is 1. The normalized spacial score (nSPS) is 10.9. The van der Waals surface area contributed by atoms with Crippen LogP contribution in [0.15, 0.2) is 10.9 Å². The SMILES string of the molecule is CCc1nc(NCCN(C)CCOC)cc(=O)[nH]1. The Kier molecular flexibility index (Phi) is 6.38. The summed E-state index contributed by atoms with van der Waals surface area (Å²) in [5.74, 6) is 1.34. The van der Waals surface area contributed by atoms with Gasteiger partial charge in [-0.3, -0.25) is 4.79 Å². The molecular weight excluding hydrogens is 232 g/mol. The Labute approximate surface area is 107 Å². The van der Waals surface area contributed by atoms with Gasteiger partial charge in [0.15, 0.2) is 0 Å². The summed E-state index contributed by atoms with van der Waals surface area (Å²) >= 11 is 0. The van der Waals surface area contributed by atoms with Crippen LogP contribution in [-0.4, -0.2) is 55.3 Å². The summed E-state index contributed by atoms with van der Waals surface area (Å²) in [6.07, 6.45) is 0.721. The van der Waals surface area contributed by atoms with Crippen molar-refractivity contribution in [1.29, 1.82) is 0 Å². The molecule has 2 N–H and O–H groups in total. The number of aryl methyl sites for hydroxylation is 1. The lowest BCUT2D eigenvalue weighted by atomic mass is 10.4. The summed E-state index contributed by atoms with van der Waals surface area (Å²) in [6.45, 7) is 5.20. The minimum absolute atomic E-state index is 0.114. The fourth-order valence-electron chi connectivity index (χ4n) is 1.50. The average Bonchev–Trinajstić information content (AvgIpc) is 2.35. The maximum Gasteiger partial charge on any atom is 0.252 e. The molecule has 0 aliphatic rings. The Morgan fingerprint density at radius 1 is 1.50 bits per heavy atom. The third-order valence-electron chi connectivity index (χ3n) is 2.60. The molecule has 0 saturated carbocycles. The molecule has 1 rings (SSSR count). The highest BCUT2D eigenvalue weighted by molar-refractivity contribution is 5.32. The molecule has 0 aromatic carbocycles. The van der Waals surface area contributed by atoms with E-state index in [1.807, 2.05) is 14.0 Å².